The van der Waals surface area contributed by atoms with Crippen molar-refractivity contribution < 1.29 is 4.79 Å². The first-order valence-electron chi connectivity index (χ1n) is 10.1. The maximum atomic E-state index is 13.1. The lowest BCUT2D eigenvalue weighted by Crippen LogP contribution is -2.26. The number of piperidine rings is 1. The van der Waals surface area contributed by atoms with Crippen molar-refractivity contribution in [2.75, 3.05) is 18.4 Å². The Morgan fingerprint density at radius 2 is 1.96 bits per heavy atom. The summed E-state index contributed by atoms with van der Waals surface area (Å²) in [5, 5.41) is 8.03. The number of nitrogens with zero attached hydrogens (tertiary/aromatic N) is 2. The van der Waals surface area contributed by atoms with Crippen LogP contribution in [0.25, 0.3) is 10.9 Å². The number of fused-ring (bicyclic) bond motifs is 1. The summed E-state index contributed by atoms with van der Waals surface area (Å²) in [5.41, 5.74) is 3.77. The number of aryl methyl sites for hydroxylation is 1. The highest BCUT2D eigenvalue weighted by atomic mass is 32.1. The summed E-state index contributed by atoms with van der Waals surface area (Å²) in [6.45, 7) is 4.15. The molecule has 1 aromatic carbocycles. The zero-order chi connectivity index (χ0) is 19.1. The largest absolute Gasteiger partial charge is 0.317 e. The molecule has 0 unspecified atom stereocenters. The van der Waals surface area contributed by atoms with Crippen LogP contribution >= 0.6 is 11.3 Å². The first kappa shape index (κ1) is 17.8. The molecule has 0 atom stereocenters. The summed E-state index contributed by atoms with van der Waals surface area (Å²) >= 11 is 1.61. The summed E-state index contributed by atoms with van der Waals surface area (Å²) in [5.74, 6) is 0.963. The lowest BCUT2D eigenvalue weighted by molar-refractivity contribution is 0.102. The quantitative estimate of drug-likeness (QED) is 0.681. The number of hydrogen-bond donors (Lipinski definition) is 2. The number of thiazole rings is 1. The number of carbonyl (C=O) groups excluding carboxylic acids is 1. The van der Waals surface area contributed by atoms with E-state index in [0.717, 1.165) is 60.9 Å². The maximum absolute atomic E-state index is 13.1. The Balaban J connectivity index is 1.44. The van der Waals surface area contributed by atoms with E-state index in [1.807, 2.05) is 25.3 Å². The van der Waals surface area contributed by atoms with Crippen LogP contribution in [0.1, 0.15) is 64.0 Å². The van der Waals surface area contributed by atoms with E-state index in [2.05, 4.69) is 27.8 Å². The monoisotopic (exact) mass is 392 g/mol. The fourth-order valence-electron chi connectivity index (χ4n) is 3.94. The van der Waals surface area contributed by atoms with Crippen LogP contribution in [0.4, 0.5) is 5.13 Å². The number of anilines is 1. The Morgan fingerprint density at radius 1 is 1.14 bits per heavy atom. The molecule has 2 fully saturated rings. The summed E-state index contributed by atoms with van der Waals surface area (Å²) in [6.07, 6.45) is 6.53. The van der Waals surface area contributed by atoms with Crippen LogP contribution in [0.15, 0.2) is 30.5 Å². The second kappa shape index (κ2) is 7.26. The van der Waals surface area contributed by atoms with Crippen molar-refractivity contribution in [3.05, 3.63) is 52.2 Å². The van der Waals surface area contributed by atoms with Gasteiger partial charge >= 0.3 is 0 Å². The minimum atomic E-state index is -0.0916. The minimum Gasteiger partial charge on any atom is -0.317 e. The molecule has 28 heavy (non-hydrogen) atoms. The number of hydrogen-bond acceptors (Lipinski definition) is 5. The second-order valence-corrected chi connectivity index (χ2v) is 9.00. The fraction of sp³-hybridized carbons (Fsp3) is 0.409. The Hall–Kier alpha value is -2.31. The van der Waals surface area contributed by atoms with Gasteiger partial charge in [-0.2, -0.15) is 0 Å². The van der Waals surface area contributed by atoms with E-state index in [1.54, 1.807) is 11.3 Å². The topological polar surface area (TPSA) is 66.9 Å². The molecule has 0 bridgehead atoms. The molecule has 2 aromatic heterocycles. The molecule has 1 saturated heterocycles. The van der Waals surface area contributed by atoms with Gasteiger partial charge in [0.05, 0.1) is 11.1 Å². The van der Waals surface area contributed by atoms with Crippen molar-refractivity contribution in [2.24, 2.45) is 0 Å². The van der Waals surface area contributed by atoms with E-state index in [0.29, 0.717) is 22.5 Å². The first-order chi connectivity index (χ1) is 13.7. The highest BCUT2D eigenvalue weighted by Crippen LogP contribution is 2.40. The van der Waals surface area contributed by atoms with Crippen molar-refractivity contribution in [3.63, 3.8) is 0 Å². The lowest BCUT2D eigenvalue weighted by Gasteiger charge is -2.20. The SMILES string of the molecule is Cc1ccc2nc(C3CC3)cc(C(=O)Nc3ncc(C4CCNCC4)s3)c2c1. The predicted molar refractivity (Wildman–Crippen MR) is 113 cm³/mol. The van der Waals surface area contributed by atoms with Crippen LogP contribution in [0.3, 0.4) is 0 Å². The molecule has 1 aliphatic heterocycles. The molecule has 1 amide bonds. The molecule has 6 heteroatoms. The van der Waals surface area contributed by atoms with Gasteiger partial charge in [0.2, 0.25) is 0 Å². The number of aromatic nitrogens is 2. The number of carbonyl (C=O) groups is 1. The normalized spacial score (nSPS) is 17.8. The van der Waals surface area contributed by atoms with E-state index < -0.39 is 0 Å². The van der Waals surface area contributed by atoms with Gasteiger partial charge in [-0.15, -0.1) is 11.3 Å². The first-order valence-corrected chi connectivity index (χ1v) is 10.9. The van der Waals surface area contributed by atoms with Gasteiger partial charge in [0.25, 0.3) is 5.91 Å². The lowest BCUT2D eigenvalue weighted by atomic mass is 9.97. The van der Waals surface area contributed by atoms with E-state index in [9.17, 15) is 4.79 Å². The predicted octanol–water partition coefficient (Wildman–Crippen LogP) is 4.60. The molecule has 2 aliphatic rings. The van der Waals surface area contributed by atoms with Crippen molar-refractivity contribution >= 4 is 33.3 Å². The summed E-state index contributed by atoms with van der Waals surface area (Å²) in [7, 11) is 0. The third-order valence-corrected chi connectivity index (χ3v) is 6.79. The van der Waals surface area contributed by atoms with Crippen LogP contribution in [0.2, 0.25) is 0 Å². The van der Waals surface area contributed by atoms with Gasteiger partial charge in [0, 0.05) is 28.1 Å². The highest BCUT2D eigenvalue weighted by molar-refractivity contribution is 7.15. The molecule has 0 radical (unpaired) electrons. The third-order valence-electron chi connectivity index (χ3n) is 5.71. The van der Waals surface area contributed by atoms with Crippen LogP contribution in [-0.2, 0) is 0 Å². The standard InChI is InChI=1S/C22H24N4OS/c1-13-2-5-18-16(10-13)17(11-19(25-18)14-3-4-14)21(27)26-22-24-12-20(28-22)15-6-8-23-9-7-15/h2,5,10-12,14-15,23H,3-4,6-9H2,1H3,(H,24,26,27). The van der Waals surface area contributed by atoms with E-state index in [4.69, 9.17) is 4.98 Å². The zero-order valence-corrected chi connectivity index (χ0v) is 16.8. The van der Waals surface area contributed by atoms with Crippen LogP contribution in [-0.4, -0.2) is 29.0 Å². The Morgan fingerprint density at radius 3 is 2.75 bits per heavy atom. The number of rotatable bonds is 4. The van der Waals surface area contributed by atoms with Gasteiger partial charge in [-0.3, -0.25) is 15.1 Å². The van der Waals surface area contributed by atoms with Gasteiger partial charge < -0.3 is 5.32 Å². The second-order valence-electron chi connectivity index (χ2n) is 7.94. The van der Waals surface area contributed by atoms with Crippen LogP contribution < -0.4 is 10.6 Å². The smallest absolute Gasteiger partial charge is 0.258 e. The Kier molecular flexibility index (Phi) is 4.61. The Bertz CT molecular complexity index is 1030. The van der Waals surface area contributed by atoms with Gasteiger partial charge in [-0.05, 0) is 69.8 Å². The number of benzene rings is 1. The summed E-state index contributed by atoms with van der Waals surface area (Å²) < 4.78 is 0. The molecule has 0 spiro atoms. The number of amides is 1. The third kappa shape index (κ3) is 3.54. The average molecular weight is 393 g/mol. The molecule has 144 valence electrons. The molecule has 3 aromatic rings. The van der Waals surface area contributed by atoms with Crippen molar-refractivity contribution in [2.45, 2.75) is 44.4 Å². The fourth-order valence-corrected chi connectivity index (χ4v) is 4.92. The summed E-state index contributed by atoms with van der Waals surface area (Å²) in [4.78, 5) is 23.7. The molecular weight excluding hydrogens is 368 g/mol. The molecule has 1 aliphatic carbocycles. The maximum Gasteiger partial charge on any atom is 0.258 e. The van der Waals surface area contributed by atoms with Crippen molar-refractivity contribution in [1.29, 1.82) is 0 Å². The molecule has 5 nitrogen and oxygen atoms in total. The van der Waals surface area contributed by atoms with E-state index >= 15 is 0 Å². The molecule has 5 rings (SSSR count). The van der Waals surface area contributed by atoms with Gasteiger partial charge in [-0.25, -0.2) is 4.98 Å². The molecule has 3 heterocycles. The van der Waals surface area contributed by atoms with Crippen molar-refractivity contribution in [3.8, 4) is 0 Å². The van der Waals surface area contributed by atoms with E-state index in [-0.39, 0.29) is 5.91 Å². The molecule has 1 saturated carbocycles. The number of pyridine rings is 1. The minimum absolute atomic E-state index is 0.0916. The average Bonchev–Trinajstić information content (AvgIpc) is 3.47. The van der Waals surface area contributed by atoms with Crippen LogP contribution in [0.5, 0.6) is 0 Å². The van der Waals surface area contributed by atoms with Crippen molar-refractivity contribution in [1.82, 2.24) is 15.3 Å². The Labute approximate surface area is 168 Å². The summed E-state index contributed by atoms with van der Waals surface area (Å²) in [6, 6.07) is 8.11. The van der Waals surface area contributed by atoms with E-state index in [1.165, 1.54) is 4.88 Å². The van der Waals surface area contributed by atoms with Crippen LogP contribution in [0, 0.1) is 6.92 Å². The highest BCUT2D eigenvalue weighted by Gasteiger charge is 2.27. The number of nitrogens with one attached hydrogen (secondary N) is 2. The van der Waals surface area contributed by atoms with Gasteiger partial charge in [0.1, 0.15) is 0 Å². The molecular formula is C22H24N4OS. The molecule has 2 N–H and O–H groups in total. The van der Waals surface area contributed by atoms with Gasteiger partial charge in [-0.1, -0.05) is 11.6 Å². The zero-order valence-electron chi connectivity index (χ0n) is 16.0. The van der Waals surface area contributed by atoms with Gasteiger partial charge in [0.15, 0.2) is 5.13 Å².